The minimum atomic E-state index is 0.797. The van der Waals surface area contributed by atoms with Crippen LogP contribution in [0.5, 0.6) is 11.5 Å². The Hall–Kier alpha value is -3.94. The van der Waals surface area contributed by atoms with E-state index in [2.05, 4.69) is 36.9 Å². The van der Waals surface area contributed by atoms with Crippen molar-refractivity contribution in [2.45, 2.75) is 6.54 Å². The Labute approximate surface area is 203 Å². The highest BCUT2D eigenvalue weighted by Crippen LogP contribution is 2.30. The van der Waals surface area contributed by atoms with Gasteiger partial charge in [0.25, 0.3) is 0 Å². The van der Waals surface area contributed by atoms with Gasteiger partial charge in [0.2, 0.25) is 0 Å². The first-order valence-electron chi connectivity index (χ1n) is 12.0. The van der Waals surface area contributed by atoms with Gasteiger partial charge in [-0.2, -0.15) is 0 Å². The molecule has 1 aliphatic heterocycles. The fraction of sp³-hybridized carbons (Fsp3) is 0.214. The van der Waals surface area contributed by atoms with Crippen LogP contribution in [0.3, 0.4) is 0 Å². The monoisotopic (exact) mass is 465 g/mol. The number of rotatable bonds is 7. The summed E-state index contributed by atoms with van der Waals surface area (Å²) in [6.07, 6.45) is 3.78. The van der Waals surface area contributed by atoms with Crippen molar-refractivity contribution in [1.29, 1.82) is 0 Å². The predicted molar refractivity (Wildman–Crippen MR) is 139 cm³/mol. The standard InChI is InChI=1S/C28H27N5O2/c1-2-4-22(5-3-1)35-23-8-6-21(7-9-23)31-25-10-11-29-26-19-28-27(18-24(25)26)30-20-33(28)13-12-32-14-16-34-17-15-32/h1-11,18-20H,12-17H2,(H,29,31). The molecule has 2 aromatic heterocycles. The highest BCUT2D eigenvalue weighted by molar-refractivity contribution is 6.00. The van der Waals surface area contributed by atoms with Crippen LogP contribution in [0.15, 0.2) is 85.3 Å². The zero-order valence-corrected chi connectivity index (χ0v) is 19.4. The summed E-state index contributed by atoms with van der Waals surface area (Å²) in [5.41, 5.74) is 5.00. The van der Waals surface area contributed by atoms with Gasteiger partial charge < -0.3 is 19.4 Å². The number of para-hydroxylation sites is 1. The SMILES string of the molecule is c1ccc(Oc2ccc(Nc3ccnc4cc5c(cc34)ncn5CCN3CCOCC3)cc2)cc1. The van der Waals surface area contributed by atoms with Gasteiger partial charge in [-0.15, -0.1) is 0 Å². The molecule has 1 aliphatic rings. The molecule has 0 aliphatic carbocycles. The van der Waals surface area contributed by atoms with Crippen molar-refractivity contribution >= 4 is 33.3 Å². The number of benzene rings is 3. The van der Waals surface area contributed by atoms with Crippen LogP contribution in [-0.4, -0.2) is 52.3 Å². The summed E-state index contributed by atoms with van der Waals surface area (Å²) in [7, 11) is 0. The van der Waals surface area contributed by atoms with E-state index >= 15 is 0 Å². The lowest BCUT2D eigenvalue weighted by atomic mass is 10.1. The summed E-state index contributed by atoms with van der Waals surface area (Å²) in [5, 5.41) is 4.57. The second kappa shape index (κ2) is 9.74. The zero-order valence-electron chi connectivity index (χ0n) is 19.4. The van der Waals surface area contributed by atoms with Crippen LogP contribution in [0.25, 0.3) is 21.9 Å². The molecule has 1 fully saturated rings. The summed E-state index contributed by atoms with van der Waals surface area (Å²) in [6, 6.07) is 24.0. The van der Waals surface area contributed by atoms with Crippen LogP contribution < -0.4 is 10.1 Å². The molecular formula is C28H27N5O2. The van der Waals surface area contributed by atoms with Gasteiger partial charge in [0.15, 0.2) is 0 Å². The third kappa shape index (κ3) is 4.82. The first-order chi connectivity index (χ1) is 17.3. The van der Waals surface area contributed by atoms with Crippen molar-refractivity contribution in [1.82, 2.24) is 19.4 Å². The fourth-order valence-corrected chi connectivity index (χ4v) is 4.45. The highest BCUT2D eigenvalue weighted by Gasteiger charge is 2.12. The number of morpholine rings is 1. The van der Waals surface area contributed by atoms with Crippen molar-refractivity contribution in [3.63, 3.8) is 0 Å². The van der Waals surface area contributed by atoms with E-state index < -0.39 is 0 Å². The molecule has 6 rings (SSSR count). The first-order valence-corrected chi connectivity index (χ1v) is 12.0. The van der Waals surface area contributed by atoms with Gasteiger partial charge in [-0.25, -0.2) is 4.98 Å². The van der Waals surface area contributed by atoms with Crippen LogP contribution in [0.1, 0.15) is 0 Å². The maximum absolute atomic E-state index is 5.91. The fourth-order valence-electron chi connectivity index (χ4n) is 4.45. The molecule has 35 heavy (non-hydrogen) atoms. The highest BCUT2D eigenvalue weighted by atomic mass is 16.5. The van der Waals surface area contributed by atoms with Crippen LogP contribution >= 0.6 is 0 Å². The van der Waals surface area contributed by atoms with E-state index in [9.17, 15) is 0 Å². The molecule has 0 unspecified atom stereocenters. The second-order valence-corrected chi connectivity index (χ2v) is 8.67. The zero-order chi connectivity index (χ0) is 23.5. The number of fused-ring (bicyclic) bond motifs is 2. The average molecular weight is 466 g/mol. The quantitative estimate of drug-likeness (QED) is 0.345. The Bertz CT molecular complexity index is 1430. The molecule has 1 saturated heterocycles. The molecule has 7 nitrogen and oxygen atoms in total. The summed E-state index contributed by atoms with van der Waals surface area (Å²) in [6.45, 7) is 5.51. The minimum Gasteiger partial charge on any atom is -0.457 e. The molecular weight excluding hydrogens is 438 g/mol. The van der Waals surface area contributed by atoms with Crippen LogP contribution in [0.4, 0.5) is 11.4 Å². The topological polar surface area (TPSA) is 64.4 Å². The predicted octanol–water partition coefficient (Wildman–Crippen LogP) is 5.45. The molecule has 0 spiro atoms. The Morgan fingerprint density at radius 3 is 2.46 bits per heavy atom. The van der Waals surface area contributed by atoms with Crippen molar-refractivity contribution in [3.8, 4) is 11.5 Å². The number of ether oxygens (including phenoxy) is 2. The van der Waals surface area contributed by atoms with Crippen LogP contribution in [-0.2, 0) is 11.3 Å². The Kier molecular flexibility index (Phi) is 6.00. The molecule has 176 valence electrons. The third-order valence-electron chi connectivity index (χ3n) is 6.36. The smallest absolute Gasteiger partial charge is 0.127 e. The lowest BCUT2D eigenvalue weighted by molar-refractivity contribution is 0.0365. The van der Waals surface area contributed by atoms with E-state index in [1.807, 2.05) is 73.2 Å². The van der Waals surface area contributed by atoms with E-state index in [-0.39, 0.29) is 0 Å². The van der Waals surface area contributed by atoms with Crippen LogP contribution in [0, 0.1) is 0 Å². The number of anilines is 2. The molecule has 0 bridgehead atoms. The van der Waals surface area contributed by atoms with Crippen molar-refractivity contribution < 1.29 is 9.47 Å². The van der Waals surface area contributed by atoms with E-state index in [1.165, 1.54) is 0 Å². The molecule has 1 N–H and O–H groups in total. The van der Waals surface area contributed by atoms with E-state index in [0.717, 1.165) is 84.2 Å². The molecule has 5 aromatic rings. The van der Waals surface area contributed by atoms with E-state index in [0.29, 0.717) is 0 Å². The molecule has 0 atom stereocenters. The third-order valence-corrected chi connectivity index (χ3v) is 6.36. The molecule has 7 heteroatoms. The lowest BCUT2D eigenvalue weighted by Gasteiger charge is -2.26. The van der Waals surface area contributed by atoms with Gasteiger partial charge in [-0.3, -0.25) is 9.88 Å². The average Bonchev–Trinajstić information content (AvgIpc) is 3.30. The normalized spacial score (nSPS) is 14.4. The van der Waals surface area contributed by atoms with E-state index in [4.69, 9.17) is 9.47 Å². The maximum Gasteiger partial charge on any atom is 0.127 e. The minimum absolute atomic E-state index is 0.797. The Morgan fingerprint density at radius 1 is 0.829 bits per heavy atom. The number of nitrogens with zero attached hydrogens (tertiary/aromatic N) is 4. The molecule has 3 aromatic carbocycles. The van der Waals surface area contributed by atoms with Gasteiger partial charge in [-0.05, 0) is 54.6 Å². The summed E-state index contributed by atoms with van der Waals surface area (Å²) in [4.78, 5) is 11.8. The number of aromatic nitrogens is 3. The van der Waals surface area contributed by atoms with Gasteiger partial charge in [0.05, 0.1) is 36.1 Å². The number of imidazole rings is 1. The maximum atomic E-state index is 5.91. The number of hydrogen-bond acceptors (Lipinski definition) is 6. The number of pyridine rings is 1. The van der Waals surface area contributed by atoms with Gasteiger partial charge >= 0.3 is 0 Å². The van der Waals surface area contributed by atoms with E-state index in [1.54, 1.807) is 0 Å². The first kappa shape index (κ1) is 21.6. The van der Waals surface area contributed by atoms with Gasteiger partial charge in [0, 0.05) is 49.1 Å². The molecule has 0 amide bonds. The van der Waals surface area contributed by atoms with Crippen molar-refractivity contribution in [3.05, 3.63) is 85.3 Å². The number of hydrogen-bond donors (Lipinski definition) is 1. The van der Waals surface area contributed by atoms with Crippen molar-refractivity contribution in [2.24, 2.45) is 0 Å². The summed E-state index contributed by atoms with van der Waals surface area (Å²) >= 11 is 0. The lowest BCUT2D eigenvalue weighted by Crippen LogP contribution is -2.38. The van der Waals surface area contributed by atoms with Gasteiger partial charge in [-0.1, -0.05) is 18.2 Å². The largest absolute Gasteiger partial charge is 0.457 e. The number of nitrogens with one attached hydrogen (secondary N) is 1. The Morgan fingerprint density at radius 2 is 1.63 bits per heavy atom. The second-order valence-electron chi connectivity index (χ2n) is 8.67. The summed E-state index contributed by atoms with van der Waals surface area (Å²) < 4.78 is 13.6. The summed E-state index contributed by atoms with van der Waals surface area (Å²) in [5.74, 6) is 1.62. The van der Waals surface area contributed by atoms with Crippen molar-refractivity contribution in [2.75, 3.05) is 38.2 Å². The molecule has 0 radical (unpaired) electrons. The molecule has 0 saturated carbocycles. The Balaban J connectivity index is 1.21. The van der Waals surface area contributed by atoms with Crippen LogP contribution in [0.2, 0.25) is 0 Å². The van der Waals surface area contributed by atoms with Gasteiger partial charge in [0.1, 0.15) is 11.5 Å². The molecule has 3 heterocycles.